The van der Waals surface area contributed by atoms with Crippen LogP contribution in [-0.4, -0.2) is 24.6 Å². The van der Waals surface area contributed by atoms with E-state index in [2.05, 4.69) is 15.0 Å². The van der Waals surface area contributed by atoms with Crippen molar-refractivity contribution >= 4 is 22.8 Å². The molecule has 0 aliphatic carbocycles. The highest BCUT2D eigenvalue weighted by atomic mass is 35.5. The third-order valence-corrected chi connectivity index (χ3v) is 3.11. The van der Waals surface area contributed by atoms with E-state index in [1.807, 2.05) is 32.3 Å². The van der Waals surface area contributed by atoms with Crippen molar-refractivity contribution < 1.29 is 5.11 Å². The van der Waals surface area contributed by atoms with Gasteiger partial charge < -0.3 is 9.67 Å². The number of aromatic nitrogens is 4. The molecule has 0 saturated heterocycles. The molecule has 98 valence electrons. The molecule has 0 aliphatic rings. The van der Waals surface area contributed by atoms with Crippen molar-refractivity contribution in [2.75, 3.05) is 0 Å². The van der Waals surface area contributed by atoms with Crippen LogP contribution in [-0.2, 0) is 0 Å². The number of hydrogen-bond acceptors (Lipinski definition) is 4. The summed E-state index contributed by atoms with van der Waals surface area (Å²) in [4.78, 5) is 12.7. The van der Waals surface area contributed by atoms with Crippen LogP contribution in [0.5, 0.6) is 0 Å². The molecule has 0 bridgehead atoms. The quantitative estimate of drug-likeness (QED) is 0.870. The molecule has 5 nitrogen and oxygen atoms in total. The van der Waals surface area contributed by atoms with Crippen LogP contribution in [0, 0.1) is 5.92 Å². The molecule has 0 saturated carbocycles. The van der Waals surface area contributed by atoms with Crippen LogP contribution in [0.1, 0.15) is 45.7 Å². The van der Waals surface area contributed by atoms with Gasteiger partial charge in [-0.1, -0.05) is 25.4 Å². The number of imidazole rings is 1. The molecule has 0 aliphatic heterocycles. The first-order valence-electron chi connectivity index (χ1n) is 5.99. The van der Waals surface area contributed by atoms with Crippen LogP contribution in [0.15, 0.2) is 6.33 Å². The van der Waals surface area contributed by atoms with Crippen LogP contribution >= 0.6 is 11.6 Å². The molecule has 2 aromatic heterocycles. The highest BCUT2D eigenvalue weighted by molar-refractivity contribution is 6.33. The Morgan fingerprint density at radius 1 is 1.22 bits per heavy atom. The second kappa shape index (κ2) is 4.82. The molecule has 1 atom stereocenters. The fraction of sp³-hybridized carbons (Fsp3) is 0.583. The Morgan fingerprint density at radius 2 is 1.89 bits per heavy atom. The van der Waals surface area contributed by atoms with Crippen molar-refractivity contribution in [1.82, 2.24) is 19.5 Å². The van der Waals surface area contributed by atoms with Crippen LogP contribution in [0.25, 0.3) is 11.2 Å². The normalized spacial score (nSPS) is 13.8. The number of hydrogen-bond donors (Lipinski definition) is 1. The summed E-state index contributed by atoms with van der Waals surface area (Å²) in [5.74, 6) is 0.388. The van der Waals surface area contributed by atoms with E-state index in [0.29, 0.717) is 17.0 Å². The van der Waals surface area contributed by atoms with Crippen LogP contribution in [0.3, 0.4) is 0 Å². The van der Waals surface area contributed by atoms with Gasteiger partial charge in [0.1, 0.15) is 11.6 Å². The molecule has 0 spiro atoms. The predicted molar refractivity (Wildman–Crippen MR) is 70.5 cm³/mol. The summed E-state index contributed by atoms with van der Waals surface area (Å²) in [7, 11) is 0. The van der Waals surface area contributed by atoms with Gasteiger partial charge in [-0.15, -0.1) is 0 Å². The average molecular weight is 269 g/mol. The third kappa shape index (κ3) is 2.20. The summed E-state index contributed by atoms with van der Waals surface area (Å²) in [6, 6.07) is 0.227. The molecule has 1 N–H and O–H groups in total. The van der Waals surface area contributed by atoms with E-state index in [1.54, 1.807) is 6.33 Å². The lowest BCUT2D eigenvalue weighted by Crippen LogP contribution is -2.11. The Bertz CT molecular complexity index is 564. The molecule has 18 heavy (non-hydrogen) atoms. The number of aliphatic hydroxyl groups excluding tert-OH is 1. The molecule has 1 unspecified atom stereocenters. The third-order valence-electron chi connectivity index (χ3n) is 2.85. The maximum Gasteiger partial charge on any atom is 0.165 e. The van der Waals surface area contributed by atoms with Gasteiger partial charge in [0.15, 0.2) is 16.6 Å². The van der Waals surface area contributed by atoms with Gasteiger partial charge >= 0.3 is 0 Å². The zero-order valence-corrected chi connectivity index (χ0v) is 11.7. The van der Waals surface area contributed by atoms with Crippen molar-refractivity contribution in [1.29, 1.82) is 0 Å². The van der Waals surface area contributed by atoms with Gasteiger partial charge in [-0.2, -0.15) is 0 Å². The zero-order chi connectivity index (χ0) is 13.4. The largest absolute Gasteiger partial charge is 0.385 e. The lowest BCUT2D eigenvalue weighted by atomic mass is 10.1. The summed E-state index contributed by atoms with van der Waals surface area (Å²) in [5, 5.41) is 10.3. The van der Waals surface area contributed by atoms with E-state index in [0.717, 1.165) is 0 Å². The number of halogens is 1. The van der Waals surface area contributed by atoms with Crippen molar-refractivity contribution in [3.8, 4) is 0 Å². The van der Waals surface area contributed by atoms with Crippen LogP contribution in [0.2, 0.25) is 5.15 Å². The van der Waals surface area contributed by atoms with Crippen molar-refractivity contribution in [2.24, 2.45) is 5.92 Å². The molecule has 2 aromatic rings. The minimum atomic E-state index is -0.720. The molecule has 0 radical (unpaired) electrons. The van der Waals surface area contributed by atoms with Crippen LogP contribution in [0.4, 0.5) is 0 Å². The van der Waals surface area contributed by atoms with E-state index >= 15 is 0 Å². The molecule has 2 rings (SSSR count). The molecule has 0 fully saturated rings. The Hall–Kier alpha value is -1.20. The number of nitrogens with zero attached hydrogens (tertiary/aromatic N) is 4. The van der Waals surface area contributed by atoms with Gasteiger partial charge in [-0.05, 0) is 19.8 Å². The monoisotopic (exact) mass is 268 g/mol. The second-order valence-electron chi connectivity index (χ2n) is 4.98. The van der Waals surface area contributed by atoms with E-state index in [1.165, 1.54) is 0 Å². The number of fused-ring (bicyclic) bond motifs is 1. The topological polar surface area (TPSA) is 63.8 Å². The minimum absolute atomic E-state index is 0.0361. The molecule has 0 aromatic carbocycles. The van der Waals surface area contributed by atoms with Crippen molar-refractivity contribution in [3.63, 3.8) is 0 Å². The first-order valence-corrected chi connectivity index (χ1v) is 6.37. The summed E-state index contributed by atoms with van der Waals surface area (Å²) in [6.07, 6.45) is 0.976. The van der Waals surface area contributed by atoms with Gasteiger partial charge in [0.25, 0.3) is 0 Å². The van der Waals surface area contributed by atoms with E-state index in [9.17, 15) is 5.11 Å². The van der Waals surface area contributed by atoms with Gasteiger partial charge in [-0.3, -0.25) is 0 Å². The highest BCUT2D eigenvalue weighted by Gasteiger charge is 2.20. The maximum absolute atomic E-state index is 10.0. The standard InChI is InChI=1S/C12H17ClN4O/c1-6(2)9(18)11-15-10(13)8-12(16-11)17(5-14-8)7(3)4/h5-7,9,18H,1-4H3. The predicted octanol–water partition coefficient (Wildman–Crippen LogP) is 2.75. The Labute approximate surface area is 111 Å². The fourth-order valence-corrected chi connectivity index (χ4v) is 1.93. The minimum Gasteiger partial charge on any atom is -0.385 e. The fourth-order valence-electron chi connectivity index (χ4n) is 1.71. The van der Waals surface area contributed by atoms with Crippen molar-refractivity contribution in [3.05, 3.63) is 17.3 Å². The number of aliphatic hydroxyl groups is 1. The zero-order valence-electron chi connectivity index (χ0n) is 10.9. The van der Waals surface area contributed by atoms with Crippen LogP contribution < -0.4 is 0 Å². The smallest absolute Gasteiger partial charge is 0.165 e. The Kier molecular flexibility index (Phi) is 3.54. The second-order valence-corrected chi connectivity index (χ2v) is 5.34. The van der Waals surface area contributed by atoms with Crippen molar-refractivity contribution in [2.45, 2.75) is 39.8 Å². The summed E-state index contributed by atoms with van der Waals surface area (Å²) >= 11 is 6.09. The van der Waals surface area contributed by atoms with Gasteiger partial charge in [0, 0.05) is 6.04 Å². The maximum atomic E-state index is 10.0. The molecular weight excluding hydrogens is 252 g/mol. The van der Waals surface area contributed by atoms with E-state index in [-0.39, 0.29) is 17.1 Å². The Balaban J connectivity index is 2.62. The lowest BCUT2D eigenvalue weighted by Gasteiger charge is -2.14. The highest BCUT2D eigenvalue weighted by Crippen LogP contribution is 2.25. The first-order chi connectivity index (χ1) is 8.41. The summed E-state index contributed by atoms with van der Waals surface area (Å²) in [6.45, 7) is 7.89. The van der Waals surface area contributed by atoms with Gasteiger partial charge in [0.05, 0.1) is 6.33 Å². The summed E-state index contributed by atoms with van der Waals surface area (Å²) < 4.78 is 1.92. The van der Waals surface area contributed by atoms with E-state index < -0.39 is 6.10 Å². The number of rotatable bonds is 3. The van der Waals surface area contributed by atoms with E-state index in [4.69, 9.17) is 11.6 Å². The molecule has 6 heteroatoms. The Morgan fingerprint density at radius 3 is 2.44 bits per heavy atom. The average Bonchev–Trinajstić information content (AvgIpc) is 2.71. The summed E-state index contributed by atoms with van der Waals surface area (Å²) in [5.41, 5.74) is 1.24. The van der Waals surface area contributed by atoms with Gasteiger partial charge in [-0.25, -0.2) is 15.0 Å². The molecular formula is C12H17ClN4O. The molecule has 0 amide bonds. The SMILES string of the molecule is CC(C)C(O)c1nc(Cl)c2ncn(C(C)C)c2n1. The van der Waals surface area contributed by atoms with Gasteiger partial charge in [0.2, 0.25) is 0 Å². The molecule has 2 heterocycles. The first kappa shape index (κ1) is 13.2. The lowest BCUT2D eigenvalue weighted by molar-refractivity contribution is 0.118.